The molecule has 1 atom stereocenters. The Balaban J connectivity index is 1.74. The Morgan fingerprint density at radius 1 is 1.13 bits per heavy atom. The molecule has 2 aromatic carbocycles. The van der Waals surface area contributed by atoms with E-state index in [4.69, 9.17) is 4.74 Å². The summed E-state index contributed by atoms with van der Waals surface area (Å²) >= 11 is 0. The van der Waals surface area contributed by atoms with Crippen molar-refractivity contribution in [1.82, 2.24) is 19.3 Å². The third-order valence-electron chi connectivity index (χ3n) is 5.02. The second-order valence-corrected chi connectivity index (χ2v) is 8.98. The van der Waals surface area contributed by atoms with Crippen molar-refractivity contribution in [1.29, 1.82) is 0 Å². The van der Waals surface area contributed by atoms with Crippen molar-refractivity contribution < 1.29 is 17.9 Å². The van der Waals surface area contributed by atoms with Crippen LogP contribution in [0.1, 0.15) is 40.5 Å². The van der Waals surface area contributed by atoms with E-state index in [9.17, 15) is 13.2 Å². The highest BCUT2D eigenvalue weighted by atomic mass is 32.2. The van der Waals surface area contributed by atoms with Crippen molar-refractivity contribution in [3.63, 3.8) is 0 Å². The topological polar surface area (TPSA) is 94.4 Å². The van der Waals surface area contributed by atoms with Gasteiger partial charge in [-0.2, -0.15) is 4.31 Å². The zero-order chi connectivity index (χ0) is 21.3. The molecule has 156 valence electrons. The van der Waals surface area contributed by atoms with Crippen molar-refractivity contribution in [2.75, 3.05) is 13.2 Å². The maximum atomic E-state index is 13.3. The highest BCUT2D eigenvalue weighted by Gasteiger charge is 2.37. The van der Waals surface area contributed by atoms with Gasteiger partial charge in [-0.1, -0.05) is 53.2 Å². The van der Waals surface area contributed by atoms with E-state index in [2.05, 4.69) is 10.3 Å². The molecule has 0 aliphatic carbocycles. The van der Waals surface area contributed by atoms with Crippen LogP contribution in [0.5, 0.6) is 0 Å². The van der Waals surface area contributed by atoms with Crippen LogP contribution in [0, 0.1) is 6.92 Å². The molecule has 1 aliphatic heterocycles. The molecule has 1 unspecified atom stereocenters. The Bertz CT molecular complexity index is 1160. The first-order valence-corrected chi connectivity index (χ1v) is 11.1. The van der Waals surface area contributed by atoms with Crippen molar-refractivity contribution in [3.8, 4) is 0 Å². The molecule has 9 heteroatoms. The third-order valence-corrected chi connectivity index (χ3v) is 6.84. The van der Waals surface area contributed by atoms with E-state index in [1.165, 1.54) is 8.99 Å². The predicted molar refractivity (Wildman–Crippen MR) is 109 cm³/mol. The van der Waals surface area contributed by atoms with Gasteiger partial charge in [0.2, 0.25) is 15.8 Å². The van der Waals surface area contributed by atoms with Gasteiger partial charge < -0.3 is 4.74 Å². The summed E-state index contributed by atoms with van der Waals surface area (Å²) in [4.78, 5) is 13.2. The van der Waals surface area contributed by atoms with Crippen LogP contribution < -0.4 is 0 Å². The minimum Gasteiger partial charge on any atom is -0.355 e. The second-order valence-electron chi connectivity index (χ2n) is 7.05. The Morgan fingerprint density at radius 3 is 2.50 bits per heavy atom. The lowest BCUT2D eigenvalue weighted by atomic mass is 10.1. The SMILES string of the molecule is CCOC1CN(S(=O)(=O)c2ccc(C)cc2)Cc2c(C(=O)c3ccccc3)nnn21. The van der Waals surface area contributed by atoms with Gasteiger partial charge in [0.1, 0.15) is 0 Å². The van der Waals surface area contributed by atoms with Crippen LogP contribution in [0.3, 0.4) is 0 Å². The summed E-state index contributed by atoms with van der Waals surface area (Å²) < 4.78 is 35.1. The molecule has 30 heavy (non-hydrogen) atoms. The van der Waals surface area contributed by atoms with Gasteiger partial charge in [-0.15, -0.1) is 5.10 Å². The van der Waals surface area contributed by atoms with Crippen LogP contribution in [0.4, 0.5) is 0 Å². The van der Waals surface area contributed by atoms with Crippen LogP contribution >= 0.6 is 0 Å². The Hall–Kier alpha value is -2.88. The molecule has 0 fully saturated rings. The average Bonchev–Trinajstić information content (AvgIpc) is 3.19. The van der Waals surface area contributed by atoms with Crippen LogP contribution in [-0.2, 0) is 21.3 Å². The summed E-state index contributed by atoms with van der Waals surface area (Å²) in [6.45, 7) is 4.15. The summed E-state index contributed by atoms with van der Waals surface area (Å²) in [5.41, 5.74) is 1.99. The largest absolute Gasteiger partial charge is 0.355 e. The molecule has 0 saturated heterocycles. The van der Waals surface area contributed by atoms with Crippen molar-refractivity contribution >= 4 is 15.8 Å². The fourth-order valence-electron chi connectivity index (χ4n) is 3.44. The van der Waals surface area contributed by atoms with Gasteiger partial charge >= 0.3 is 0 Å². The molecule has 4 rings (SSSR count). The van der Waals surface area contributed by atoms with Gasteiger partial charge in [0.25, 0.3) is 0 Å². The molecule has 2 heterocycles. The fraction of sp³-hybridized carbons (Fsp3) is 0.286. The number of hydrogen-bond donors (Lipinski definition) is 0. The van der Waals surface area contributed by atoms with Crippen LogP contribution in [-0.4, -0.2) is 46.7 Å². The van der Waals surface area contributed by atoms with Gasteiger partial charge in [-0.25, -0.2) is 13.1 Å². The molecule has 0 amide bonds. The van der Waals surface area contributed by atoms with E-state index < -0.39 is 16.3 Å². The molecule has 0 spiro atoms. The van der Waals surface area contributed by atoms with E-state index in [1.807, 2.05) is 19.9 Å². The number of sulfonamides is 1. The van der Waals surface area contributed by atoms with Crippen molar-refractivity contribution in [2.45, 2.75) is 31.5 Å². The minimum atomic E-state index is -3.78. The molecular weight excluding hydrogens is 404 g/mol. The number of nitrogens with zero attached hydrogens (tertiary/aromatic N) is 4. The quantitative estimate of drug-likeness (QED) is 0.562. The maximum absolute atomic E-state index is 13.3. The number of aromatic nitrogens is 3. The lowest BCUT2D eigenvalue weighted by molar-refractivity contribution is -0.0259. The molecule has 1 aliphatic rings. The summed E-state index contributed by atoms with van der Waals surface area (Å²) in [5, 5.41) is 8.17. The third kappa shape index (κ3) is 3.67. The van der Waals surface area contributed by atoms with Gasteiger partial charge in [-0.3, -0.25) is 4.79 Å². The lowest BCUT2D eigenvalue weighted by Crippen LogP contribution is -2.42. The summed E-state index contributed by atoms with van der Waals surface area (Å²) in [6, 6.07) is 15.4. The molecule has 1 aromatic heterocycles. The molecule has 3 aromatic rings. The van der Waals surface area contributed by atoms with Crippen LogP contribution in [0.15, 0.2) is 59.5 Å². The van der Waals surface area contributed by atoms with Gasteiger partial charge in [-0.05, 0) is 26.0 Å². The first kappa shape index (κ1) is 20.4. The van der Waals surface area contributed by atoms with E-state index in [0.717, 1.165) is 5.56 Å². The summed E-state index contributed by atoms with van der Waals surface area (Å²) in [6.07, 6.45) is -0.663. The molecular formula is C21H22N4O4S. The Labute approximate surface area is 175 Å². The standard InChI is InChI=1S/C21H22N4O4S/c1-3-29-19-14-24(30(27,28)17-11-9-15(2)10-12-17)13-18-20(22-23-25(18)19)21(26)16-7-5-4-6-8-16/h4-12,19H,3,13-14H2,1-2H3. The lowest BCUT2D eigenvalue weighted by Gasteiger charge is -2.32. The molecule has 0 bridgehead atoms. The highest BCUT2D eigenvalue weighted by Crippen LogP contribution is 2.29. The normalized spacial score (nSPS) is 16.9. The van der Waals surface area contributed by atoms with Gasteiger partial charge in [0.05, 0.1) is 23.7 Å². The second kappa shape index (κ2) is 8.10. The Morgan fingerprint density at radius 2 is 1.83 bits per heavy atom. The van der Waals surface area contributed by atoms with Gasteiger partial charge in [0.15, 0.2) is 11.9 Å². The van der Waals surface area contributed by atoms with Gasteiger partial charge in [0, 0.05) is 12.2 Å². The number of ketones is 1. The zero-order valence-corrected chi connectivity index (χ0v) is 17.5. The number of benzene rings is 2. The van der Waals surface area contributed by atoms with E-state index in [1.54, 1.807) is 48.5 Å². The predicted octanol–water partition coefficient (Wildman–Crippen LogP) is 2.56. The summed E-state index contributed by atoms with van der Waals surface area (Å²) in [5.74, 6) is -0.304. The average molecular weight is 426 g/mol. The summed E-state index contributed by atoms with van der Waals surface area (Å²) in [7, 11) is -3.78. The molecule has 8 nitrogen and oxygen atoms in total. The van der Waals surface area contributed by atoms with Crippen molar-refractivity contribution in [3.05, 3.63) is 77.1 Å². The maximum Gasteiger partial charge on any atom is 0.243 e. The fourth-order valence-corrected chi connectivity index (χ4v) is 4.83. The van der Waals surface area contributed by atoms with Crippen LogP contribution in [0.2, 0.25) is 0 Å². The first-order valence-electron chi connectivity index (χ1n) is 9.64. The van der Waals surface area contributed by atoms with E-state index >= 15 is 0 Å². The number of rotatable bonds is 6. The molecule has 0 radical (unpaired) electrons. The van der Waals surface area contributed by atoms with Crippen LogP contribution in [0.25, 0.3) is 0 Å². The highest BCUT2D eigenvalue weighted by molar-refractivity contribution is 7.89. The monoisotopic (exact) mass is 426 g/mol. The van der Waals surface area contributed by atoms with E-state index in [0.29, 0.717) is 17.9 Å². The zero-order valence-electron chi connectivity index (χ0n) is 16.7. The first-order chi connectivity index (χ1) is 14.4. The number of fused-ring (bicyclic) bond motifs is 1. The Kier molecular flexibility index (Phi) is 5.50. The smallest absolute Gasteiger partial charge is 0.243 e. The number of aryl methyl sites for hydroxylation is 1. The number of hydrogen-bond acceptors (Lipinski definition) is 6. The number of carbonyl (C=O) groups excluding carboxylic acids is 1. The number of carbonyl (C=O) groups is 1. The molecule has 0 N–H and O–H groups in total. The number of ether oxygens (including phenoxy) is 1. The van der Waals surface area contributed by atoms with E-state index in [-0.39, 0.29) is 29.5 Å². The van der Waals surface area contributed by atoms with Crippen molar-refractivity contribution in [2.24, 2.45) is 0 Å². The minimum absolute atomic E-state index is 0.0132. The molecule has 0 saturated carbocycles.